The molecule has 1 aliphatic carbocycles. The van der Waals surface area contributed by atoms with Gasteiger partial charge in [0.25, 0.3) is 5.91 Å². The van der Waals surface area contributed by atoms with Crippen LogP contribution in [-0.2, 0) is 49.6 Å². The second-order valence-corrected chi connectivity index (χ2v) is 25.4. The molecule has 2 aromatic rings. The molecular weight excluding hydrogens is 1050 g/mol. The lowest BCUT2D eigenvalue weighted by atomic mass is 9.76. The van der Waals surface area contributed by atoms with Crippen LogP contribution >= 0.6 is 0 Å². The van der Waals surface area contributed by atoms with Crippen molar-refractivity contribution in [3.05, 3.63) is 53.7 Å². The van der Waals surface area contributed by atoms with E-state index < -0.39 is 94.2 Å². The van der Waals surface area contributed by atoms with Gasteiger partial charge in [0.15, 0.2) is 11.6 Å². The zero-order chi connectivity index (χ0) is 61.5. The number of carbonyl (C=O) groups is 10. The number of oxazole rings is 1. The van der Waals surface area contributed by atoms with Crippen LogP contribution < -0.4 is 42.5 Å². The molecule has 0 bridgehead atoms. The number of likely N-dealkylation sites (N-methyl/N-ethyl adjacent to an activating group) is 1. The fourth-order valence-corrected chi connectivity index (χ4v) is 10.2. The molecule has 0 unspecified atom stereocenters. The number of amides is 10. The number of aromatic nitrogens is 1. The van der Waals surface area contributed by atoms with E-state index in [0.29, 0.717) is 31.7 Å². The lowest BCUT2D eigenvalue weighted by molar-refractivity contribution is -0.140. The SMILES string of the molecule is Cc1nc(C(=O)N2CCC[C@H]2N(C=O)[C@@H](Cc2ccccc2)C(=O)N[C@@H](CC(C)C)C(=O)NC(C)(C)C(=O)N[C@@H](CC(C)C)C(=O)N[C@@H](CC(C)C)C(=O)NC(C)(C)C(=O)NC(C)(C)C(=O)NCCC(=O)NC2(CN(C)C)CCC2)co1. The smallest absolute Gasteiger partial charge is 0.277 e. The van der Waals surface area contributed by atoms with E-state index in [9.17, 15) is 47.9 Å². The van der Waals surface area contributed by atoms with Gasteiger partial charge in [0.2, 0.25) is 53.7 Å². The van der Waals surface area contributed by atoms with Gasteiger partial charge < -0.3 is 61.7 Å². The molecule has 10 amide bonds. The molecule has 2 aliphatic rings. The van der Waals surface area contributed by atoms with E-state index in [-0.39, 0.29) is 73.5 Å². The molecule has 23 nitrogen and oxygen atoms in total. The van der Waals surface area contributed by atoms with Crippen molar-refractivity contribution >= 4 is 59.6 Å². The molecule has 1 aliphatic heterocycles. The van der Waals surface area contributed by atoms with E-state index in [1.807, 2.05) is 78.7 Å². The summed E-state index contributed by atoms with van der Waals surface area (Å²) in [6.45, 7) is 22.7. The summed E-state index contributed by atoms with van der Waals surface area (Å²) in [5.41, 5.74) is -4.21. The molecule has 1 aromatic heterocycles. The minimum absolute atomic E-state index is 0.0424. The van der Waals surface area contributed by atoms with E-state index in [4.69, 9.17) is 4.42 Å². The van der Waals surface area contributed by atoms with Gasteiger partial charge in [-0.3, -0.25) is 47.9 Å². The van der Waals surface area contributed by atoms with Gasteiger partial charge in [-0.1, -0.05) is 71.9 Å². The highest BCUT2D eigenvalue weighted by molar-refractivity contribution is 6.00. The van der Waals surface area contributed by atoms with Crippen LogP contribution in [-0.4, -0.2) is 165 Å². The van der Waals surface area contributed by atoms with Gasteiger partial charge in [-0.25, -0.2) is 4.98 Å². The monoisotopic (exact) mass is 1150 g/mol. The predicted molar refractivity (Wildman–Crippen MR) is 309 cm³/mol. The van der Waals surface area contributed by atoms with Crippen LogP contribution in [0.5, 0.6) is 0 Å². The Morgan fingerprint density at radius 2 is 1.23 bits per heavy atom. The summed E-state index contributed by atoms with van der Waals surface area (Å²) in [6.07, 6.45) is 5.20. The number of nitrogens with one attached hydrogen (secondary N) is 8. The maximum absolute atomic E-state index is 14.7. The molecule has 5 atom stereocenters. The van der Waals surface area contributed by atoms with Crippen molar-refractivity contribution in [2.45, 2.75) is 207 Å². The van der Waals surface area contributed by atoms with Crippen molar-refractivity contribution in [3.8, 4) is 0 Å². The molecule has 2 heterocycles. The first-order valence-corrected chi connectivity index (χ1v) is 28.8. The van der Waals surface area contributed by atoms with Crippen molar-refractivity contribution < 1.29 is 52.4 Å². The fraction of sp³-hybridized carbons (Fsp3) is 0.678. The van der Waals surface area contributed by atoms with Crippen LogP contribution in [0.2, 0.25) is 0 Å². The van der Waals surface area contributed by atoms with Gasteiger partial charge in [0, 0.05) is 39.4 Å². The molecular formula is C59H94N12O11. The van der Waals surface area contributed by atoms with Crippen LogP contribution in [0.4, 0.5) is 0 Å². The molecule has 23 heteroatoms. The second-order valence-electron chi connectivity index (χ2n) is 25.4. The van der Waals surface area contributed by atoms with Gasteiger partial charge in [-0.2, -0.15) is 0 Å². The highest BCUT2D eigenvalue weighted by atomic mass is 16.3. The maximum Gasteiger partial charge on any atom is 0.277 e. The molecule has 4 rings (SSSR count). The first-order chi connectivity index (χ1) is 38.2. The number of aryl methyl sites for hydroxylation is 1. The summed E-state index contributed by atoms with van der Waals surface area (Å²) in [5.74, 6) is -5.46. The normalized spacial score (nSPS) is 16.7. The molecule has 2 fully saturated rings. The summed E-state index contributed by atoms with van der Waals surface area (Å²) in [4.78, 5) is 147. The van der Waals surface area contributed by atoms with Crippen molar-refractivity contribution in [1.82, 2.24) is 62.2 Å². The molecule has 8 N–H and O–H groups in total. The van der Waals surface area contributed by atoms with E-state index in [1.54, 1.807) is 19.1 Å². The molecule has 1 saturated heterocycles. The molecule has 1 aromatic carbocycles. The summed E-state index contributed by atoms with van der Waals surface area (Å²) >= 11 is 0. The Bertz CT molecular complexity index is 2560. The van der Waals surface area contributed by atoms with E-state index in [0.717, 1.165) is 31.4 Å². The largest absolute Gasteiger partial charge is 0.448 e. The Balaban J connectivity index is 1.44. The Kier molecular flexibility index (Phi) is 24.2. The van der Waals surface area contributed by atoms with Crippen molar-refractivity contribution in [2.75, 3.05) is 33.7 Å². The minimum Gasteiger partial charge on any atom is -0.448 e. The standard InChI is InChI=1S/C59H94N12O11/c1-36(2)29-41(48(74)62-42(30-37(3)4)49(75)67-58(12,13)55(81)68-56(8,9)53(79)60-27-24-46(73)65-59(25-20-26-59)34-69(14)15)64-54(80)57(10,11)66-50(76)43(31-38(5)6)63-51(77)45(32-40-21-17-16-18-22-40)71(35-72)47-23-19-28-70(47)52(78)44-33-82-39(7)61-44/h16-18,21-22,33,35-38,41-43,45,47H,19-20,23-32,34H2,1-15H3,(H,60,79)(H,62,74)(H,63,77)(H,64,80)(H,65,73)(H,66,76)(H,67,75)(H,68,81)/t41-,42-,43-,45-,47+/m0/s1. The second kappa shape index (κ2) is 29.4. The average Bonchev–Trinajstić information content (AvgIpc) is 4.18. The van der Waals surface area contributed by atoms with Gasteiger partial charge in [0.05, 0.1) is 5.54 Å². The first kappa shape index (κ1) is 67.6. The Hall–Kier alpha value is -6.91. The molecule has 1 saturated carbocycles. The zero-order valence-corrected chi connectivity index (χ0v) is 51.1. The highest BCUT2D eigenvalue weighted by Crippen LogP contribution is 2.32. The Morgan fingerprint density at radius 3 is 1.72 bits per heavy atom. The van der Waals surface area contributed by atoms with Crippen LogP contribution in [0.1, 0.15) is 163 Å². The predicted octanol–water partition coefficient (Wildman–Crippen LogP) is 3.00. The van der Waals surface area contributed by atoms with Crippen molar-refractivity contribution in [2.24, 2.45) is 17.8 Å². The number of nitrogens with zero attached hydrogens (tertiary/aromatic N) is 4. The third kappa shape index (κ3) is 19.6. The summed E-state index contributed by atoms with van der Waals surface area (Å²) in [7, 11) is 3.91. The van der Waals surface area contributed by atoms with Crippen LogP contribution in [0.3, 0.4) is 0 Å². The van der Waals surface area contributed by atoms with Crippen molar-refractivity contribution in [3.63, 3.8) is 0 Å². The van der Waals surface area contributed by atoms with Gasteiger partial charge in [-0.15, -0.1) is 0 Å². The lowest BCUT2D eigenvalue weighted by Gasteiger charge is -2.44. The number of likely N-dealkylation sites (tertiary alicyclic amines) is 1. The van der Waals surface area contributed by atoms with Crippen molar-refractivity contribution in [1.29, 1.82) is 0 Å². The Labute approximate surface area is 484 Å². The first-order valence-electron chi connectivity index (χ1n) is 28.8. The zero-order valence-electron chi connectivity index (χ0n) is 51.1. The third-order valence-electron chi connectivity index (χ3n) is 14.7. The summed E-state index contributed by atoms with van der Waals surface area (Å²) in [6, 6.07) is 4.28. The lowest BCUT2D eigenvalue weighted by Crippen LogP contribution is -2.65. The van der Waals surface area contributed by atoms with Gasteiger partial charge in [0.1, 0.15) is 53.2 Å². The third-order valence-corrected chi connectivity index (χ3v) is 14.7. The number of rotatable bonds is 31. The summed E-state index contributed by atoms with van der Waals surface area (Å²) in [5, 5.41) is 22.5. The van der Waals surface area contributed by atoms with E-state index >= 15 is 0 Å². The van der Waals surface area contributed by atoms with Gasteiger partial charge >= 0.3 is 0 Å². The minimum atomic E-state index is -1.68. The van der Waals surface area contributed by atoms with E-state index in [1.165, 1.54) is 57.6 Å². The topological polar surface area (TPSA) is 303 Å². The number of benzene rings is 1. The molecule has 0 spiro atoms. The quantitative estimate of drug-likeness (QED) is 0.0505. The average molecular weight is 1150 g/mol. The molecule has 82 heavy (non-hydrogen) atoms. The van der Waals surface area contributed by atoms with E-state index in [2.05, 4.69) is 47.5 Å². The molecule has 456 valence electrons. The summed E-state index contributed by atoms with van der Waals surface area (Å²) < 4.78 is 5.29. The van der Waals surface area contributed by atoms with Crippen LogP contribution in [0.15, 0.2) is 41.0 Å². The number of hydrogen-bond donors (Lipinski definition) is 8. The highest BCUT2D eigenvalue weighted by Gasteiger charge is 2.44. The van der Waals surface area contributed by atoms with Crippen LogP contribution in [0.25, 0.3) is 0 Å². The number of carbonyl (C=O) groups excluding carboxylic acids is 10. The fourth-order valence-electron chi connectivity index (χ4n) is 10.2. The molecule has 0 radical (unpaired) electrons. The van der Waals surface area contributed by atoms with Gasteiger partial charge in [-0.05, 0) is 130 Å². The van der Waals surface area contributed by atoms with Crippen LogP contribution in [0, 0.1) is 24.7 Å². The number of hydrogen-bond acceptors (Lipinski definition) is 13. The Morgan fingerprint density at radius 1 is 0.707 bits per heavy atom. The maximum atomic E-state index is 14.7.